The van der Waals surface area contributed by atoms with E-state index in [1.54, 1.807) is 0 Å². The fourth-order valence-corrected chi connectivity index (χ4v) is 2.34. The number of nitrogens with one attached hydrogen (secondary N) is 1. The zero-order chi connectivity index (χ0) is 13.7. The molecule has 0 atom stereocenters. The van der Waals surface area contributed by atoms with Crippen molar-refractivity contribution < 1.29 is 4.79 Å². The van der Waals surface area contributed by atoms with Crippen molar-refractivity contribution in [2.45, 2.75) is 20.3 Å². The Kier molecular flexibility index (Phi) is 4.66. The second kappa shape index (κ2) is 6.45. The standard InChI is InChI=1S/C15H23N3O/c1-3-7-16-15(19)18-10-8-17(9-11-18)14-6-4-5-13(2)12-14/h4-6,12H,3,7-11H2,1-2H3,(H,16,19). The van der Waals surface area contributed by atoms with Gasteiger partial charge < -0.3 is 15.1 Å². The SMILES string of the molecule is CCCNC(=O)N1CCN(c2cccc(C)c2)CC1. The first-order valence-corrected chi connectivity index (χ1v) is 7.05. The first-order chi connectivity index (χ1) is 9.20. The average molecular weight is 261 g/mol. The molecule has 4 heteroatoms. The third-order valence-electron chi connectivity index (χ3n) is 3.46. The van der Waals surface area contributed by atoms with Crippen molar-refractivity contribution in [2.75, 3.05) is 37.6 Å². The maximum atomic E-state index is 11.9. The van der Waals surface area contributed by atoms with Crippen molar-refractivity contribution in [2.24, 2.45) is 0 Å². The molecular formula is C15H23N3O. The average Bonchev–Trinajstić information content (AvgIpc) is 2.45. The zero-order valence-electron chi connectivity index (χ0n) is 11.9. The second-order valence-electron chi connectivity index (χ2n) is 5.05. The van der Waals surface area contributed by atoms with Gasteiger partial charge in [-0.25, -0.2) is 4.79 Å². The summed E-state index contributed by atoms with van der Waals surface area (Å²) in [5.41, 5.74) is 2.54. The van der Waals surface area contributed by atoms with E-state index in [4.69, 9.17) is 0 Å². The molecule has 0 spiro atoms. The number of nitrogens with zero attached hydrogens (tertiary/aromatic N) is 2. The van der Waals surface area contributed by atoms with Crippen molar-refractivity contribution >= 4 is 11.7 Å². The van der Waals surface area contributed by atoms with Crippen molar-refractivity contribution in [3.63, 3.8) is 0 Å². The van der Waals surface area contributed by atoms with Gasteiger partial charge in [-0.3, -0.25) is 0 Å². The monoisotopic (exact) mass is 261 g/mol. The third kappa shape index (κ3) is 3.63. The van der Waals surface area contributed by atoms with E-state index >= 15 is 0 Å². The Morgan fingerprint density at radius 3 is 2.63 bits per heavy atom. The quantitative estimate of drug-likeness (QED) is 0.905. The van der Waals surface area contributed by atoms with E-state index in [0.717, 1.165) is 39.1 Å². The van der Waals surface area contributed by atoms with Crippen LogP contribution in [0.4, 0.5) is 10.5 Å². The summed E-state index contributed by atoms with van der Waals surface area (Å²) in [4.78, 5) is 16.1. The number of urea groups is 1. The molecule has 0 bridgehead atoms. The molecule has 2 rings (SSSR count). The highest BCUT2D eigenvalue weighted by Gasteiger charge is 2.20. The lowest BCUT2D eigenvalue weighted by atomic mass is 10.2. The van der Waals surface area contributed by atoms with Crippen LogP contribution in [-0.2, 0) is 0 Å². The smallest absolute Gasteiger partial charge is 0.317 e. The van der Waals surface area contributed by atoms with Gasteiger partial charge in [0.15, 0.2) is 0 Å². The molecule has 1 aliphatic rings. The number of amides is 2. The van der Waals surface area contributed by atoms with Crippen LogP contribution < -0.4 is 10.2 Å². The zero-order valence-corrected chi connectivity index (χ0v) is 11.9. The van der Waals surface area contributed by atoms with Crippen LogP contribution in [0.25, 0.3) is 0 Å². The van der Waals surface area contributed by atoms with E-state index in [1.807, 2.05) is 4.90 Å². The highest BCUT2D eigenvalue weighted by atomic mass is 16.2. The summed E-state index contributed by atoms with van der Waals surface area (Å²) in [6.07, 6.45) is 0.981. The van der Waals surface area contributed by atoms with Gasteiger partial charge in [-0.1, -0.05) is 19.1 Å². The first kappa shape index (κ1) is 13.7. The Labute approximate surface area is 115 Å². The molecule has 1 aromatic rings. The van der Waals surface area contributed by atoms with E-state index in [1.165, 1.54) is 11.3 Å². The minimum absolute atomic E-state index is 0.0748. The Morgan fingerprint density at radius 1 is 1.26 bits per heavy atom. The second-order valence-corrected chi connectivity index (χ2v) is 5.05. The van der Waals surface area contributed by atoms with Crippen LogP contribution in [0.2, 0.25) is 0 Å². The largest absolute Gasteiger partial charge is 0.368 e. The molecule has 0 unspecified atom stereocenters. The van der Waals surface area contributed by atoms with Crippen LogP contribution in [-0.4, -0.2) is 43.7 Å². The topological polar surface area (TPSA) is 35.6 Å². The fraction of sp³-hybridized carbons (Fsp3) is 0.533. The van der Waals surface area contributed by atoms with Gasteiger partial charge in [-0.15, -0.1) is 0 Å². The highest BCUT2D eigenvalue weighted by molar-refractivity contribution is 5.74. The van der Waals surface area contributed by atoms with Gasteiger partial charge in [0.25, 0.3) is 0 Å². The molecule has 1 saturated heterocycles. The number of carbonyl (C=O) groups excluding carboxylic acids is 1. The molecule has 1 aromatic carbocycles. The Hall–Kier alpha value is -1.71. The van der Waals surface area contributed by atoms with Gasteiger partial charge >= 0.3 is 6.03 Å². The minimum atomic E-state index is 0.0748. The Bertz CT molecular complexity index is 425. The Morgan fingerprint density at radius 2 is 2.00 bits per heavy atom. The van der Waals surface area contributed by atoms with Crippen LogP contribution in [0.15, 0.2) is 24.3 Å². The summed E-state index contributed by atoms with van der Waals surface area (Å²) >= 11 is 0. The summed E-state index contributed by atoms with van der Waals surface area (Å²) in [5, 5.41) is 2.93. The van der Waals surface area contributed by atoms with Gasteiger partial charge in [0.1, 0.15) is 0 Å². The number of carbonyl (C=O) groups is 1. The fourth-order valence-electron chi connectivity index (χ4n) is 2.34. The molecule has 0 saturated carbocycles. The summed E-state index contributed by atoms with van der Waals surface area (Å²) in [5.74, 6) is 0. The number of anilines is 1. The van der Waals surface area contributed by atoms with Gasteiger partial charge in [-0.2, -0.15) is 0 Å². The molecular weight excluding hydrogens is 238 g/mol. The predicted molar refractivity (Wildman–Crippen MR) is 78.7 cm³/mol. The van der Waals surface area contributed by atoms with Crippen molar-refractivity contribution in [1.82, 2.24) is 10.2 Å². The van der Waals surface area contributed by atoms with Gasteiger partial charge in [-0.05, 0) is 31.0 Å². The number of rotatable bonds is 3. The molecule has 19 heavy (non-hydrogen) atoms. The Balaban J connectivity index is 1.87. The lowest BCUT2D eigenvalue weighted by Crippen LogP contribution is -2.52. The van der Waals surface area contributed by atoms with Gasteiger partial charge in [0.05, 0.1) is 0 Å². The van der Waals surface area contributed by atoms with Gasteiger partial charge in [0, 0.05) is 38.4 Å². The predicted octanol–water partition coefficient (Wildman–Crippen LogP) is 2.24. The molecule has 104 valence electrons. The van der Waals surface area contributed by atoms with Crippen LogP contribution in [0.5, 0.6) is 0 Å². The molecule has 4 nitrogen and oxygen atoms in total. The van der Waals surface area contributed by atoms with Crippen molar-refractivity contribution in [1.29, 1.82) is 0 Å². The molecule has 1 fully saturated rings. The maximum absolute atomic E-state index is 11.9. The number of benzene rings is 1. The van der Waals surface area contributed by atoms with Crippen LogP contribution in [0.1, 0.15) is 18.9 Å². The summed E-state index contributed by atoms with van der Waals surface area (Å²) in [6.45, 7) is 8.34. The summed E-state index contributed by atoms with van der Waals surface area (Å²) in [7, 11) is 0. The molecule has 1 heterocycles. The van der Waals surface area contributed by atoms with Crippen LogP contribution in [0.3, 0.4) is 0 Å². The molecule has 1 N–H and O–H groups in total. The molecule has 0 aromatic heterocycles. The number of hydrogen-bond donors (Lipinski definition) is 1. The lowest BCUT2D eigenvalue weighted by Gasteiger charge is -2.36. The lowest BCUT2D eigenvalue weighted by molar-refractivity contribution is 0.194. The van der Waals surface area contributed by atoms with Crippen LogP contribution >= 0.6 is 0 Å². The summed E-state index contributed by atoms with van der Waals surface area (Å²) < 4.78 is 0. The molecule has 0 radical (unpaired) electrons. The number of aryl methyl sites for hydroxylation is 1. The number of piperazine rings is 1. The van der Waals surface area contributed by atoms with E-state index in [9.17, 15) is 4.79 Å². The van der Waals surface area contributed by atoms with E-state index < -0.39 is 0 Å². The van der Waals surface area contributed by atoms with Crippen LogP contribution in [0, 0.1) is 6.92 Å². The van der Waals surface area contributed by atoms with Gasteiger partial charge in [0.2, 0.25) is 0 Å². The maximum Gasteiger partial charge on any atom is 0.317 e. The van der Waals surface area contributed by atoms with E-state index in [0.29, 0.717) is 0 Å². The third-order valence-corrected chi connectivity index (χ3v) is 3.46. The number of hydrogen-bond acceptors (Lipinski definition) is 2. The normalized spacial score (nSPS) is 15.5. The van der Waals surface area contributed by atoms with Crippen molar-refractivity contribution in [3.8, 4) is 0 Å². The van der Waals surface area contributed by atoms with E-state index in [-0.39, 0.29) is 6.03 Å². The molecule has 0 aliphatic carbocycles. The van der Waals surface area contributed by atoms with Crippen molar-refractivity contribution in [3.05, 3.63) is 29.8 Å². The molecule has 2 amide bonds. The first-order valence-electron chi connectivity index (χ1n) is 7.05. The highest BCUT2D eigenvalue weighted by Crippen LogP contribution is 2.17. The molecule has 1 aliphatic heterocycles. The van der Waals surface area contributed by atoms with E-state index in [2.05, 4.69) is 48.3 Å². The summed E-state index contributed by atoms with van der Waals surface area (Å²) in [6, 6.07) is 8.61. The minimum Gasteiger partial charge on any atom is -0.368 e.